The molecule has 31 heavy (non-hydrogen) atoms. The molecule has 0 aliphatic heterocycles. The minimum Gasteiger partial charge on any atom is -0.491 e. The van der Waals surface area contributed by atoms with Crippen molar-refractivity contribution in [2.24, 2.45) is 0 Å². The molecule has 0 aliphatic rings. The molecular formula is C25H30N2O4. The van der Waals surface area contributed by atoms with Crippen molar-refractivity contribution >= 4 is 11.7 Å². The van der Waals surface area contributed by atoms with E-state index in [9.17, 15) is 4.79 Å². The molecule has 0 bridgehead atoms. The minimum absolute atomic E-state index is 0.350. The fourth-order valence-electron chi connectivity index (χ4n) is 3.25. The molecular weight excluding hydrogens is 392 g/mol. The van der Waals surface area contributed by atoms with Crippen molar-refractivity contribution < 1.29 is 19.0 Å². The number of hydrogen-bond acceptors (Lipinski definition) is 6. The second kappa shape index (κ2) is 11.8. The van der Waals surface area contributed by atoms with E-state index in [1.807, 2.05) is 13.0 Å². The zero-order valence-electron chi connectivity index (χ0n) is 18.7. The quantitative estimate of drug-likeness (QED) is 0.324. The van der Waals surface area contributed by atoms with Gasteiger partial charge in [-0.05, 0) is 61.2 Å². The topological polar surface area (TPSA) is 80.6 Å². The fourth-order valence-corrected chi connectivity index (χ4v) is 3.25. The van der Waals surface area contributed by atoms with E-state index in [-0.39, 0.29) is 0 Å². The van der Waals surface area contributed by atoms with Gasteiger partial charge in [0.25, 0.3) is 0 Å². The molecule has 1 atom stereocenters. The second-order valence-electron chi connectivity index (χ2n) is 7.29. The molecule has 0 spiro atoms. The molecule has 6 nitrogen and oxygen atoms in total. The van der Waals surface area contributed by atoms with E-state index in [0.717, 1.165) is 23.1 Å². The van der Waals surface area contributed by atoms with Gasteiger partial charge in [-0.3, -0.25) is 0 Å². The number of carbonyl (C=O) groups excluding carboxylic acids is 1. The predicted octanol–water partition coefficient (Wildman–Crippen LogP) is 4.59. The number of rotatable bonds is 11. The summed E-state index contributed by atoms with van der Waals surface area (Å²) in [4.78, 5) is 12.8. The van der Waals surface area contributed by atoms with Crippen LogP contribution in [0.5, 0.6) is 5.75 Å². The number of ether oxygens (including phenoxy) is 3. The fraction of sp³-hybridized carbons (Fsp3) is 0.360. The maximum Gasteiger partial charge on any atom is 0.333 e. The number of benzene rings is 2. The highest BCUT2D eigenvalue weighted by atomic mass is 16.5. The second-order valence-corrected chi connectivity index (χ2v) is 7.29. The number of hydrogen-bond donors (Lipinski definition) is 1. The number of nitrogens with zero attached hydrogens (tertiary/aromatic N) is 1. The van der Waals surface area contributed by atoms with Gasteiger partial charge in [-0.25, -0.2) is 4.79 Å². The molecule has 0 amide bonds. The summed E-state index contributed by atoms with van der Waals surface area (Å²) in [6.45, 7) is 8.84. The van der Waals surface area contributed by atoms with Gasteiger partial charge in [-0.2, -0.15) is 5.26 Å². The van der Waals surface area contributed by atoms with Crippen LogP contribution in [0.15, 0.2) is 48.6 Å². The van der Waals surface area contributed by atoms with Crippen LogP contribution in [-0.2, 0) is 27.1 Å². The summed E-state index contributed by atoms with van der Waals surface area (Å²) in [5.74, 6) is 0.198. The third kappa shape index (κ3) is 6.59. The number of allylic oxidation sites excluding steroid dienone is 1. The van der Waals surface area contributed by atoms with E-state index in [0.29, 0.717) is 42.2 Å². The average molecular weight is 423 g/mol. The molecule has 2 aromatic carbocycles. The molecule has 0 fully saturated rings. The summed E-state index contributed by atoms with van der Waals surface area (Å²) in [5, 5.41) is 12.3. The summed E-state index contributed by atoms with van der Waals surface area (Å²) in [6.07, 6.45) is 1.44. The molecule has 0 saturated heterocycles. The van der Waals surface area contributed by atoms with Crippen LogP contribution in [0.25, 0.3) is 0 Å². The van der Waals surface area contributed by atoms with E-state index in [1.54, 1.807) is 31.4 Å². The first-order valence-corrected chi connectivity index (χ1v) is 10.2. The van der Waals surface area contributed by atoms with Gasteiger partial charge in [0.05, 0.1) is 25.3 Å². The van der Waals surface area contributed by atoms with Crippen LogP contribution in [0.1, 0.15) is 42.1 Å². The molecule has 164 valence electrons. The van der Waals surface area contributed by atoms with Gasteiger partial charge in [-0.1, -0.05) is 25.1 Å². The lowest BCUT2D eigenvalue weighted by molar-refractivity contribution is -0.141. The Kier molecular flexibility index (Phi) is 9.11. The van der Waals surface area contributed by atoms with Gasteiger partial charge in [0.1, 0.15) is 12.4 Å². The Morgan fingerprint density at radius 3 is 2.45 bits per heavy atom. The first kappa shape index (κ1) is 24.0. The Morgan fingerprint density at radius 2 is 1.90 bits per heavy atom. The van der Waals surface area contributed by atoms with E-state index < -0.39 is 12.0 Å². The number of anilines is 1. The number of aryl methyl sites for hydroxylation is 1. The third-order valence-electron chi connectivity index (χ3n) is 4.76. The van der Waals surface area contributed by atoms with Crippen molar-refractivity contribution in [3.05, 3.63) is 70.8 Å². The van der Waals surface area contributed by atoms with Crippen LogP contribution in [0.3, 0.4) is 0 Å². The van der Waals surface area contributed by atoms with Crippen molar-refractivity contribution in [3.63, 3.8) is 0 Å². The number of nitriles is 1. The van der Waals surface area contributed by atoms with Crippen molar-refractivity contribution in [3.8, 4) is 11.8 Å². The third-order valence-corrected chi connectivity index (χ3v) is 4.76. The SMILES string of the molecule is C=C(C)Cc1cc(CC)cc(C(Nc2ccc(C#N)cc2)C(=O)OC)c1OCCOC. The van der Waals surface area contributed by atoms with Crippen LogP contribution >= 0.6 is 0 Å². The Labute approximate surface area is 184 Å². The van der Waals surface area contributed by atoms with Gasteiger partial charge in [0.2, 0.25) is 0 Å². The van der Waals surface area contributed by atoms with Crippen molar-refractivity contribution in [1.29, 1.82) is 5.26 Å². The monoisotopic (exact) mass is 422 g/mol. The minimum atomic E-state index is -0.786. The van der Waals surface area contributed by atoms with E-state index in [4.69, 9.17) is 19.5 Å². The first-order valence-electron chi connectivity index (χ1n) is 10.2. The largest absolute Gasteiger partial charge is 0.491 e. The van der Waals surface area contributed by atoms with Gasteiger partial charge >= 0.3 is 5.97 Å². The van der Waals surface area contributed by atoms with Crippen molar-refractivity contribution in [2.75, 3.05) is 32.8 Å². The maximum atomic E-state index is 12.8. The summed E-state index contributed by atoms with van der Waals surface area (Å²) in [7, 11) is 2.97. The normalized spacial score (nSPS) is 11.3. The lowest BCUT2D eigenvalue weighted by atomic mass is 9.94. The zero-order valence-corrected chi connectivity index (χ0v) is 18.7. The van der Waals surface area contributed by atoms with Crippen LogP contribution in [0, 0.1) is 11.3 Å². The van der Waals surface area contributed by atoms with Gasteiger partial charge < -0.3 is 19.5 Å². The standard InChI is InChI=1S/C25H30N2O4/c1-6-18-14-20(13-17(2)3)24(31-12-11-29-4)22(15-18)23(25(28)30-5)27-21-9-7-19(16-26)8-10-21/h7-10,14-15,23,27H,2,6,11-13H2,1,3-5H3. The Bertz CT molecular complexity index is 945. The molecule has 0 radical (unpaired) electrons. The predicted molar refractivity (Wildman–Crippen MR) is 121 cm³/mol. The van der Waals surface area contributed by atoms with Crippen LogP contribution in [-0.4, -0.2) is 33.4 Å². The number of nitrogens with one attached hydrogen (secondary N) is 1. The smallest absolute Gasteiger partial charge is 0.333 e. The maximum absolute atomic E-state index is 12.8. The summed E-state index contributed by atoms with van der Waals surface area (Å²) >= 11 is 0. The van der Waals surface area contributed by atoms with Crippen LogP contribution < -0.4 is 10.1 Å². The molecule has 0 aromatic heterocycles. The highest BCUT2D eigenvalue weighted by molar-refractivity contribution is 5.82. The lowest BCUT2D eigenvalue weighted by Crippen LogP contribution is -2.24. The zero-order chi connectivity index (χ0) is 22.8. The average Bonchev–Trinajstić information content (AvgIpc) is 2.77. The number of carbonyl (C=O) groups is 1. The number of esters is 1. The molecule has 0 saturated carbocycles. The summed E-state index contributed by atoms with van der Waals surface area (Å²) in [5.41, 5.74) is 4.98. The molecule has 1 N–H and O–H groups in total. The molecule has 0 heterocycles. The van der Waals surface area contributed by atoms with Gasteiger partial charge in [-0.15, -0.1) is 0 Å². The van der Waals surface area contributed by atoms with Crippen LogP contribution in [0.4, 0.5) is 5.69 Å². The van der Waals surface area contributed by atoms with E-state index in [2.05, 4.69) is 31.0 Å². The first-order chi connectivity index (χ1) is 14.9. The molecule has 2 aromatic rings. The highest BCUT2D eigenvalue weighted by Crippen LogP contribution is 2.35. The summed E-state index contributed by atoms with van der Waals surface area (Å²) < 4.78 is 16.3. The van der Waals surface area contributed by atoms with E-state index >= 15 is 0 Å². The molecule has 2 rings (SSSR count). The van der Waals surface area contributed by atoms with Crippen LogP contribution in [0.2, 0.25) is 0 Å². The number of methoxy groups -OCH3 is 2. The van der Waals surface area contributed by atoms with Gasteiger partial charge in [0.15, 0.2) is 6.04 Å². The van der Waals surface area contributed by atoms with Gasteiger partial charge in [0, 0.05) is 18.4 Å². The molecule has 0 aliphatic carbocycles. The Morgan fingerprint density at radius 1 is 1.19 bits per heavy atom. The Balaban J connectivity index is 2.58. The van der Waals surface area contributed by atoms with E-state index in [1.165, 1.54) is 7.11 Å². The lowest BCUT2D eigenvalue weighted by Gasteiger charge is -2.24. The highest BCUT2D eigenvalue weighted by Gasteiger charge is 2.27. The molecule has 6 heteroatoms. The van der Waals surface area contributed by atoms with Crippen molar-refractivity contribution in [2.45, 2.75) is 32.7 Å². The summed E-state index contributed by atoms with van der Waals surface area (Å²) in [6, 6.07) is 12.3. The molecule has 1 unspecified atom stereocenters. The van der Waals surface area contributed by atoms with Crippen molar-refractivity contribution in [1.82, 2.24) is 0 Å². The Hall–Kier alpha value is -3.30.